The first-order chi connectivity index (χ1) is 25.9. The summed E-state index contributed by atoms with van der Waals surface area (Å²) in [5.74, 6) is -4.49. The fourth-order valence-corrected chi connectivity index (χ4v) is 4.67. The largest absolute Gasteiger partial charge is 0.464 e. The number of nitrogens with two attached hydrogens (primary N) is 3. The maximum atomic E-state index is 12.8. The van der Waals surface area contributed by atoms with Crippen LogP contribution >= 0.6 is 0 Å². The molecular weight excluding hydrogens is 710 g/mol. The van der Waals surface area contributed by atoms with Crippen molar-refractivity contribution in [3.63, 3.8) is 0 Å². The van der Waals surface area contributed by atoms with Gasteiger partial charge in [-0.1, -0.05) is 32.6 Å². The van der Waals surface area contributed by atoms with Crippen LogP contribution in [0, 0.1) is 5.92 Å². The Balaban J connectivity index is 4.53. The van der Waals surface area contributed by atoms with Crippen molar-refractivity contribution in [2.75, 3.05) is 59.2 Å². The van der Waals surface area contributed by atoms with Crippen molar-refractivity contribution in [3.05, 3.63) is 0 Å². The molecule has 0 aliphatic carbocycles. The number of carbonyl (C=O) groups excluding carboxylic acids is 7. The third-order valence-electron chi connectivity index (χ3n) is 8.04. The molecule has 0 spiro atoms. The van der Waals surface area contributed by atoms with Gasteiger partial charge in [-0.25, -0.2) is 4.79 Å². The molecule has 0 heterocycles. The Morgan fingerprint density at radius 3 is 1.65 bits per heavy atom. The van der Waals surface area contributed by atoms with E-state index in [-0.39, 0.29) is 83.4 Å². The number of unbranched alkanes of at least 4 members (excludes halogenated alkanes) is 4. The third-order valence-corrected chi connectivity index (χ3v) is 8.04. The van der Waals surface area contributed by atoms with Gasteiger partial charge in [-0.2, -0.15) is 0 Å². The summed E-state index contributed by atoms with van der Waals surface area (Å²) < 4.78 is 15.3. The molecule has 0 aliphatic rings. The van der Waals surface area contributed by atoms with Gasteiger partial charge in [0.2, 0.25) is 23.6 Å². The molecule has 0 radical (unpaired) electrons. The molecule has 3 atom stereocenters. The van der Waals surface area contributed by atoms with Gasteiger partial charge in [-0.05, 0) is 45.1 Å². The number of rotatable bonds is 33. The SMILES string of the molecule is CCCCCC(N)C(=O)NCCOC(=O)CCC(=O)NCCCCC(NC(=O)CCC(=O)OCCNC(=O)C(N)CCCCN)C(=O)OCC(CO)CO. The van der Waals surface area contributed by atoms with Crippen molar-refractivity contribution < 1.29 is 58.0 Å². The Morgan fingerprint density at radius 2 is 1.13 bits per heavy atom. The minimum absolute atomic E-state index is 0.0442. The quantitative estimate of drug-likeness (QED) is 0.0201. The van der Waals surface area contributed by atoms with Crippen LogP contribution in [0.5, 0.6) is 0 Å². The lowest BCUT2D eigenvalue weighted by atomic mass is 10.1. The van der Waals surface area contributed by atoms with Gasteiger partial charge in [-0.3, -0.25) is 28.8 Å². The molecule has 4 amide bonds. The number of hydrogen-bond acceptors (Lipinski definition) is 15. The van der Waals surface area contributed by atoms with Crippen molar-refractivity contribution >= 4 is 41.5 Å². The summed E-state index contributed by atoms with van der Waals surface area (Å²) in [5, 5.41) is 28.9. The van der Waals surface area contributed by atoms with Crippen LogP contribution in [0.4, 0.5) is 0 Å². The highest BCUT2D eigenvalue weighted by Crippen LogP contribution is 2.07. The summed E-state index contributed by atoms with van der Waals surface area (Å²) in [6.45, 7) is 1.65. The van der Waals surface area contributed by atoms with Gasteiger partial charge in [0, 0.05) is 25.3 Å². The van der Waals surface area contributed by atoms with Gasteiger partial charge in [0.05, 0.1) is 57.8 Å². The second-order valence-corrected chi connectivity index (χ2v) is 12.8. The van der Waals surface area contributed by atoms with Crippen LogP contribution in [0.3, 0.4) is 0 Å². The van der Waals surface area contributed by atoms with Crippen molar-refractivity contribution in [2.24, 2.45) is 23.1 Å². The Labute approximate surface area is 317 Å². The summed E-state index contributed by atoms with van der Waals surface area (Å²) in [5.41, 5.74) is 17.1. The Morgan fingerprint density at radius 1 is 0.611 bits per heavy atom. The van der Waals surface area contributed by atoms with Crippen LogP contribution in [0.25, 0.3) is 0 Å². The van der Waals surface area contributed by atoms with Crippen molar-refractivity contribution in [3.8, 4) is 0 Å². The van der Waals surface area contributed by atoms with E-state index in [1.54, 1.807) is 0 Å². The standard InChI is InChI=1S/C35H65N7O12/c1-2-3-4-9-26(37)33(49)40-18-20-52-31(47)14-12-29(45)39-17-8-6-11-28(35(51)54-24-25(22-43)23-44)42-30(46)13-15-32(48)53-21-19-41-34(50)27(38)10-5-7-16-36/h25-28,43-44H,2-24,36-38H2,1H3,(H,39,45)(H,40,49)(H,41,50)(H,42,46). The first-order valence-electron chi connectivity index (χ1n) is 18.9. The number of carbonyl (C=O) groups is 7. The van der Waals surface area contributed by atoms with Crippen LogP contribution < -0.4 is 38.5 Å². The van der Waals surface area contributed by atoms with Crippen LogP contribution in [0.15, 0.2) is 0 Å². The highest BCUT2D eigenvalue weighted by atomic mass is 16.5. The van der Waals surface area contributed by atoms with E-state index in [0.29, 0.717) is 38.6 Å². The predicted molar refractivity (Wildman–Crippen MR) is 197 cm³/mol. The zero-order valence-corrected chi connectivity index (χ0v) is 31.8. The second kappa shape index (κ2) is 32.5. The molecule has 0 aliphatic heterocycles. The van der Waals surface area contributed by atoms with E-state index < -0.39 is 67.0 Å². The minimum Gasteiger partial charge on any atom is -0.464 e. The average Bonchev–Trinajstić information content (AvgIpc) is 3.15. The molecule has 0 aromatic heterocycles. The molecule has 3 unspecified atom stereocenters. The van der Waals surface area contributed by atoms with Crippen molar-refractivity contribution in [2.45, 2.75) is 115 Å². The van der Waals surface area contributed by atoms with Gasteiger partial charge in [0.1, 0.15) is 19.3 Å². The highest BCUT2D eigenvalue weighted by molar-refractivity contribution is 5.86. The maximum absolute atomic E-state index is 12.8. The zero-order valence-electron chi connectivity index (χ0n) is 31.8. The number of hydrogen-bond donors (Lipinski definition) is 9. The molecule has 54 heavy (non-hydrogen) atoms. The Bertz CT molecular complexity index is 1110. The fraction of sp³-hybridized carbons (Fsp3) is 0.800. The number of nitrogens with one attached hydrogen (secondary N) is 4. The predicted octanol–water partition coefficient (Wildman–Crippen LogP) is -1.86. The molecule has 0 bridgehead atoms. The molecule has 19 heteroatoms. The lowest BCUT2D eigenvalue weighted by molar-refractivity contribution is -0.150. The number of amides is 4. The number of esters is 3. The van der Waals surface area contributed by atoms with E-state index in [1.165, 1.54) is 0 Å². The summed E-state index contributed by atoms with van der Waals surface area (Å²) >= 11 is 0. The van der Waals surface area contributed by atoms with E-state index in [1.807, 2.05) is 0 Å². The second-order valence-electron chi connectivity index (χ2n) is 12.8. The highest BCUT2D eigenvalue weighted by Gasteiger charge is 2.24. The average molecular weight is 776 g/mol. The van der Waals surface area contributed by atoms with E-state index in [0.717, 1.165) is 25.7 Å². The van der Waals surface area contributed by atoms with E-state index in [4.69, 9.17) is 31.4 Å². The van der Waals surface area contributed by atoms with Gasteiger partial charge in [-0.15, -0.1) is 0 Å². The zero-order chi connectivity index (χ0) is 40.6. The summed E-state index contributed by atoms with van der Waals surface area (Å²) in [7, 11) is 0. The van der Waals surface area contributed by atoms with E-state index in [2.05, 4.69) is 28.2 Å². The molecule has 19 nitrogen and oxygen atoms in total. The van der Waals surface area contributed by atoms with Crippen LogP contribution in [0.2, 0.25) is 0 Å². The van der Waals surface area contributed by atoms with Gasteiger partial charge >= 0.3 is 17.9 Å². The third kappa shape index (κ3) is 26.8. The molecule has 0 saturated carbocycles. The van der Waals surface area contributed by atoms with Crippen molar-refractivity contribution in [1.82, 2.24) is 21.3 Å². The molecule has 0 aromatic carbocycles. The molecule has 12 N–H and O–H groups in total. The van der Waals surface area contributed by atoms with E-state index in [9.17, 15) is 43.8 Å². The fourth-order valence-electron chi connectivity index (χ4n) is 4.67. The minimum atomic E-state index is -1.11. The first-order valence-corrected chi connectivity index (χ1v) is 18.9. The number of ether oxygens (including phenoxy) is 3. The van der Waals surface area contributed by atoms with Gasteiger partial charge in [0.25, 0.3) is 0 Å². The van der Waals surface area contributed by atoms with Gasteiger partial charge in [0.15, 0.2) is 0 Å². The Hall–Kier alpha value is -3.91. The normalized spacial score (nSPS) is 12.6. The number of aliphatic hydroxyl groups excluding tert-OH is 2. The topological polar surface area (TPSA) is 314 Å². The first kappa shape index (κ1) is 50.1. The van der Waals surface area contributed by atoms with E-state index >= 15 is 0 Å². The van der Waals surface area contributed by atoms with Crippen molar-refractivity contribution in [1.29, 1.82) is 0 Å². The summed E-state index contributed by atoms with van der Waals surface area (Å²) in [4.78, 5) is 85.6. The monoisotopic (exact) mass is 775 g/mol. The lowest BCUT2D eigenvalue weighted by Gasteiger charge is -2.19. The summed E-state index contributed by atoms with van der Waals surface area (Å²) in [6, 6.07) is -2.42. The lowest BCUT2D eigenvalue weighted by Crippen LogP contribution is -2.43. The van der Waals surface area contributed by atoms with Gasteiger partial charge < -0.3 is 62.9 Å². The molecule has 0 saturated heterocycles. The number of aliphatic hydroxyl groups is 2. The van der Waals surface area contributed by atoms with Crippen LogP contribution in [-0.2, 0) is 47.8 Å². The molecular formula is C35H65N7O12. The Kier molecular flexibility index (Phi) is 30.2. The molecule has 312 valence electrons. The van der Waals surface area contributed by atoms with Crippen LogP contribution in [0.1, 0.15) is 96.8 Å². The molecule has 0 fully saturated rings. The maximum Gasteiger partial charge on any atom is 0.328 e. The smallest absolute Gasteiger partial charge is 0.328 e. The summed E-state index contributed by atoms with van der Waals surface area (Å²) in [6.07, 6.45) is 5.44. The molecule has 0 aromatic rings. The molecule has 0 rings (SSSR count). The van der Waals surface area contributed by atoms with Crippen LogP contribution in [-0.4, -0.2) is 129 Å².